The summed E-state index contributed by atoms with van der Waals surface area (Å²) in [5, 5.41) is 2.91. The van der Waals surface area contributed by atoms with Crippen LogP contribution in [0.2, 0.25) is 0 Å². The molecule has 2 atom stereocenters. The minimum atomic E-state index is -0.726. The first kappa shape index (κ1) is 12.9. The van der Waals surface area contributed by atoms with Gasteiger partial charge in [0.15, 0.2) is 0 Å². The lowest BCUT2D eigenvalue weighted by Gasteiger charge is -2.35. The average Bonchev–Trinajstić information content (AvgIpc) is 3.12. The van der Waals surface area contributed by atoms with Gasteiger partial charge in [0, 0.05) is 25.4 Å². The molecule has 0 aromatic rings. The summed E-state index contributed by atoms with van der Waals surface area (Å²) in [4.78, 5) is 26.2. The molecule has 1 saturated heterocycles. The van der Waals surface area contributed by atoms with Crippen molar-refractivity contribution in [3.05, 3.63) is 0 Å². The van der Waals surface area contributed by atoms with Crippen LogP contribution in [0.25, 0.3) is 0 Å². The van der Waals surface area contributed by atoms with Crippen molar-refractivity contribution >= 4 is 11.8 Å². The summed E-state index contributed by atoms with van der Waals surface area (Å²) in [6.45, 7) is 4.27. The Kier molecular flexibility index (Phi) is 3.34. The Morgan fingerprint density at radius 2 is 2.22 bits per heavy atom. The summed E-state index contributed by atoms with van der Waals surface area (Å²) < 4.78 is 0. The highest BCUT2D eigenvalue weighted by Gasteiger charge is 2.51. The Hall–Kier alpha value is -1.50. The minimum Gasteiger partial charge on any atom is -0.342 e. The Labute approximate surface area is 108 Å². The molecule has 1 aliphatic heterocycles. The number of carbonyl (C=O) groups excluding carboxylic acids is 2. The van der Waals surface area contributed by atoms with E-state index < -0.39 is 5.54 Å². The highest BCUT2D eigenvalue weighted by molar-refractivity contribution is 5.94. The summed E-state index contributed by atoms with van der Waals surface area (Å²) in [5.74, 6) is 2.87. The second-order valence-electron chi connectivity index (χ2n) is 5.53. The molecule has 2 unspecified atom stereocenters. The van der Waals surface area contributed by atoms with E-state index in [4.69, 9.17) is 6.42 Å². The van der Waals surface area contributed by atoms with Gasteiger partial charge in [-0.2, -0.15) is 0 Å². The van der Waals surface area contributed by atoms with Gasteiger partial charge < -0.3 is 10.2 Å². The fourth-order valence-electron chi connectivity index (χ4n) is 2.67. The Morgan fingerprint density at radius 1 is 1.56 bits per heavy atom. The summed E-state index contributed by atoms with van der Waals surface area (Å²) >= 11 is 0. The van der Waals surface area contributed by atoms with Gasteiger partial charge in [-0.25, -0.2) is 0 Å². The zero-order valence-electron chi connectivity index (χ0n) is 11.0. The van der Waals surface area contributed by atoms with Gasteiger partial charge in [0.1, 0.15) is 5.54 Å². The number of carbonyl (C=O) groups is 2. The van der Waals surface area contributed by atoms with Crippen molar-refractivity contribution < 1.29 is 9.59 Å². The predicted molar refractivity (Wildman–Crippen MR) is 68.5 cm³/mol. The van der Waals surface area contributed by atoms with Crippen LogP contribution in [0.4, 0.5) is 0 Å². The second-order valence-corrected chi connectivity index (χ2v) is 5.53. The first-order valence-corrected chi connectivity index (χ1v) is 6.54. The zero-order valence-corrected chi connectivity index (χ0v) is 11.0. The van der Waals surface area contributed by atoms with Crippen LogP contribution in [0, 0.1) is 18.3 Å². The molecular formula is C14H20N2O2. The van der Waals surface area contributed by atoms with Crippen molar-refractivity contribution in [3.8, 4) is 12.3 Å². The number of nitrogens with one attached hydrogen (secondary N) is 1. The molecule has 1 aliphatic carbocycles. The SMILES string of the molecule is C#CCC(C)N1CCC(=O)NC(C)(C2CC2)C1=O. The van der Waals surface area contributed by atoms with Crippen LogP contribution >= 0.6 is 0 Å². The maximum absolute atomic E-state index is 12.7. The molecule has 2 amide bonds. The Balaban J connectivity index is 2.23. The summed E-state index contributed by atoms with van der Waals surface area (Å²) in [6.07, 6.45) is 8.24. The molecule has 2 aliphatic rings. The van der Waals surface area contributed by atoms with Crippen molar-refractivity contribution in [2.45, 2.75) is 51.1 Å². The second kappa shape index (κ2) is 4.64. The zero-order chi connectivity index (χ0) is 13.3. The van der Waals surface area contributed by atoms with E-state index in [9.17, 15) is 9.59 Å². The van der Waals surface area contributed by atoms with Crippen molar-refractivity contribution in [1.29, 1.82) is 0 Å². The lowest BCUT2D eigenvalue weighted by atomic mass is 9.93. The summed E-state index contributed by atoms with van der Waals surface area (Å²) in [5.41, 5.74) is -0.726. The standard InChI is InChI=1S/C14H20N2O2/c1-4-5-10(2)16-9-8-12(17)15-14(3,13(16)18)11-6-7-11/h1,10-11H,5-9H2,2-3H3,(H,15,17). The fraction of sp³-hybridized carbons (Fsp3) is 0.714. The minimum absolute atomic E-state index is 0.00623. The molecule has 4 nitrogen and oxygen atoms in total. The van der Waals surface area contributed by atoms with Gasteiger partial charge in [0.05, 0.1) is 0 Å². The predicted octanol–water partition coefficient (Wildman–Crippen LogP) is 0.915. The van der Waals surface area contributed by atoms with E-state index >= 15 is 0 Å². The number of rotatable bonds is 3. The van der Waals surface area contributed by atoms with Crippen LogP contribution in [0.5, 0.6) is 0 Å². The van der Waals surface area contributed by atoms with E-state index in [0.717, 1.165) is 12.8 Å². The highest BCUT2D eigenvalue weighted by Crippen LogP contribution is 2.41. The number of terminal acetylenes is 1. The Morgan fingerprint density at radius 3 is 2.78 bits per heavy atom. The molecule has 1 saturated carbocycles. The summed E-state index contributed by atoms with van der Waals surface area (Å²) in [6, 6.07) is -0.00623. The van der Waals surface area contributed by atoms with Gasteiger partial charge in [-0.1, -0.05) is 0 Å². The quantitative estimate of drug-likeness (QED) is 0.755. The maximum atomic E-state index is 12.7. The van der Waals surface area contributed by atoms with E-state index in [2.05, 4.69) is 11.2 Å². The van der Waals surface area contributed by atoms with E-state index in [1.165, 1.54) is 0 Å². The lowest BCUT2D eigenvalue weighted by Crippen LogP contribution is -2.58. The fourth-order valence-corrected chi connectivity index (χ4v) is 2.67. The molecule has 1 heterocycles. The third-order valence-electron chi connectivity index (χ3n) is 4.02. The third-order valence-corrected chi connectivity index (χ3v) is 4.02. The molecule has 0 aromatic carbocycles. The number of hydrogen-bond acceptors (Lipinski definition) is 2. The molecule has 0 radical (unpaired) electrons. The van der Waals surface area contributed by atoms with E-state index in [-0.39, 0.29) is 23.8 Å². The molecule has 2 rings (SSSR count). The molecule has 2 fully saturated rings. The van der Waals surface area contributed by atoms with Crippen LogP contribution in [0.1, 0.15) is 39.5 Å². The highest BCUT2D eigenvalue weighted by atomic mass is 16.2. The van der Waals surface area contributed by atoms with Crippen LogP contribution < -0.4 is 5.32 Å². The topological polar surface area (TPSA) is 49.4 Å². The molecule has 98 valence electrons. The van der Waals surface area contributed by atoms with Gasteiger partial charge >= 0.3 is 0 Å². The Bertz CT molecular complexity index is 409. The molecule has 0 bridgehead atoms. The molecular weight excluding hydrogens is 228 g/mol. The van der Waals surface area contributed by atoms with Crippen LogP contribution in [-0.2, 0) is 9.59 Å². The molecule has 1 N–H and O–H groups in total. The third kappa shape index (κ3) is 2.22. The number of amides is 2. The van der Waals surface area contributed by atoms with Crippen LogP contribution in [0.15, 0.2) is 0 Å². The first-order chi connectivity index (χ1) is 8.49. The first-order valence-electron chi connectivity index (χ1n) is 6.54. The van der Waals surface area contributed by atoms with Gasteiger partial charge in [0.2, 0.25) is 11.8 Å². The van der Waals surface area contributed by atoms with Crippen molar-refractivity contribution in [2.75, 3.05) is 6.54 Å². The van der Waals surface area contributed by atoms with E-state index in [0.29, 0.717) is 19.4 Å². The van der Waals surface area contributed by atoms with Gasteiger partial charge in [-0.05, 0) is 32.6 Å². The largest absolute Gasteiger partial charge is 0.342 e. The summed E-state index contributed by atoms with van der Waals surface area (Å²) in [7, 11) is 0. The van der Waals surface area contributed by atoms with Crippen molar-refractivity contribution in [2.24, 2.45) is 5.92 Å². The smallest absolute Gasteiger partial charge is 0.248 e. The van der Waals surface area contributed by atoms with Crippen molar-refractivity contribution in [1.82, 2.24) is 10.2 Å². The maximum Gasteiger partial charge on any atom is 0.248 e. The van der Waals surface area contributed by atoms with E-state index in [1.807, 2.05) is 13.8 Å². The van der Waals surface area contributed by atoms with E-state index in [1.54, 1.807) is 4.90 Å². The lowest BCUT2D eigenvalue weighted by molar-refractivity contribution is -0.140. The number of nitrogens with zero attached hydrogens (tertiary/aromatic N) is 1. The average molecular weight is 248 g/mol. The number of hydrogen-bond donors (Lipinski definition) is 1. The van der Waals surface area contributed by atoms with Gasteiger partial charge in [-0.15, -0.1) is 12.3 Å². The molecule has 0 spiro atoms. The normalized spacial score (nSPS) is 30.4. The van der Waals surface area contributed by atoms with Gasteiger partial charge in [0.25, 0.3) is 0 Å². The monoisotopic (exact) mass is 248 g/mol. The van der Waals surface area contributed by atoms with Crippen LogP contribution in [0.3, 0.4) is 0 Å². The van der Waals surface area contributed by atoms with Crippen molar-refractivity contribution in [3.63, 3.8) is 0 Å². The molecule has 18 heavy (non-hydrogen) atoms. The van der Waals surface area contributed by atoms with Crippen LogP contribution in [-0.4, -0.2) is 34.8 Å². The molecule has 0 aromatic heterocycles. The molecule has 4 heteroatoms. The van der Waals surface area contributed by atoms with Gasteiger partial charge in [-0.3, -0.25) is 9.59 Å².